The van der Waals surface area contributed by atoms with Crippen LogP contribution in [0, 0.1) is 6.92 Å². The third kappa shape index (κ3) is 3.39. The van der Waals surface area contributed by atoms with Crippen molar-refractivity contribution >= 4 is 22.4 Å². The lowest BCUT2D eigenvalue weighted by Crippen LogP contribution is -2.04. The maximum Gasteiger partial charge on any atom is 0.223 e. The highest BCUT2D eigenvalue weighted by Gasteiger charge is 2.04. The molecule has 1 amide bonds. The second-order valence-electron chi connectivity index (χ2n) is 3.98. The van der Waals surface area contributed by atoms with Gasteiger partial charge in [0.15, 0.2) is 5.13 Å². The quantitative estimate of drug-likeness (QED) is 0.904. The molecule has 0 unspecified atom stereocenters. The van der Waals surface area contributed by atoms with Gasteiger partial charge in [0.25, 0.3) is 0 Å². The molecule has 1 heterocycles. The van der Waals surface area contributed by atoms with Gasteiger partial charge in [0.05, 0.1) is 0 Å². The average Bonchev–Trinajstić information content (AvgIpc) is 2.68. The first-order chi connectivity index (χ1) is 8.13. The number of carbonyl (C=O) groups excluding carboxylic acids is 1. The molecule has 17 heavy (non-hydrogen) atoms. The Labute approximate surface area is 105 Å². The zero-order valence-electron chi connectivity index (χ0n) is 9.86. The second-order valence-corrected chi connectivity index (χ2v) is 5.09. The molecule has 4 heteroatoms. The topological polar surface area (TPSA) is 42.0 Å². The highest BCUT2D eigenvalue weighted by atomic mass is 32.1. The third-order valence-electron chi connectivity index (χ3n) is 2.34. The Kier molecular flexibility index (Phi) is 3.54. The molecule has 0 atom stereocenters. The van der Waals surface area contributed by atoms with Crippen molar-refractivity contribution in [3.63, 3.8) is 0 Å². The number of thiazole rings is 1. The Morgan fingerprint density at radius 2 is 2.06 bits per heavy atom. The number of rotatable bonds is 3. The van der Waals surface area contributed by atoms with E-state index in [-0.39, 0.29) is 5.91 Å². The molecule has 0 fully saturated rings. The Hall–Kier alpha value is -1.68. The van der Waals surface area contributed by atoms with E-state index < -0.39 is 0 Å². The van der Waals surface area contributed by atoms with E-state index in [1.54, 1.807) is 0 Å². The normalized spacial score (nSPS) is 10.2. The van der Waals surface area contributed by atoms with E-state index in [4.69, 9.17) is 0 Å². The lowest BCUT2D eigenvalue weighted by Gasteiger charge is -1.98. The van der Waals surface area contributed by atoms with Crippen molar-refractivity contribution in [2.45, 2.75) is 20.3 Å². The minimum Gasteiger partial charge on any atom is -0.302 e. The van der Waals surface area contributed by atoms with Gasteiger partial charge in [0.1, 0.15) is 0 Å². The van der Waals surface area contributed by atoms with Gasteiger partial charge in [-0.1, -0.05) is 29.8 Å². The summed E-state index contributed by atoms with van der Waals surface area (Å²) in [7, 11) is 0. The van der Waals surface area contributed by atoms with E-state index in [9.17, 15) is 4.79 Å². The summed E-state index contributed by atoms with van der Waals surface area (Å²) in [5.41, 5.74) is 2.52. The van der Waals surface area contributed by atoms with Crippen LogP contribution in [-0.4, -0.2) is 10.9 Å². The fraction of sp³-hybridized carbons (Fsp3) is 0.231. The summed E-state index contributed by atoms with van der Waals surface area (Å²) in [6.07, 6.45) is 2.67. The van der Waals surface area contributed by atoms with Crippen molar-refractivity contribution in [1.29, 1.82) is 0 Å². The largest absolute Gasteiger partial charge is 0.302 e. The standard InChI is InChI=1S/C13H14N2OS/c1-9-3-5-11(6-4-9)7-12-8-14-13(17-12)15-10(2)16/h3-6,8H,7H2,1-2H3,(H,14,15,16). The average molecular weight is 246 g/mol. The number of anilines is 1. The van der Waals surface area contributed by atoms with E-state index in [0.29, 0.717) is 5.13 Å². The van der Waals surface area contributed by atoms with Crippen LogP contribution in [0.5, 0.6) is 0 Å². The van der Waals surface area contributed by atoms with Crippen molar-refractivity contribution in [3.8, 4) is 0 Å². The lowest BCUT2D eigenvalue weighted by molar-refractivity contribution is -0.114. The fourth-order valence-electron chi connectivity index (χ4n) is 1.50. The Morgan fingerprint density at radius 1 is 1.35 bits per heavy atom. The number of benzene rings is 1. The molecule has 2 rings (SSSR count). The molecule has 2 aromatic rings. The predicted molar refractivity (Wildman–Crippen MR) is 70.4 cm³/mol. The second kappa shape index (κ2) is 5.10. The van der Waals surface area contributed by atoms with Crippen molar-refractivity contribution < 1.29 is 4.79 Å². The molecule has 1 N–H and O–H groups in total. The minimum atomic E-state index is -0.0822. The molecule has 0 aliphatic heterocycles. The summed E-state index contributed by atoms with van der Waals surface area (Å²) in [5.74, 6) is -0.0822. The van der Waals surface area contributed by atoms with Crippen LogP contribution in [0.2, 0.25) is 0 Å². The van der Waals surface area contributed by atoms with Gasteiger partial charge in [-0.3, -0.25) is 4.79 Å². The smallest absolute Gasteiger partial charge is 0.223 e. The van der Waals surface area contributed by atoms with Crippen LogP contribution in [0.25, 0.3) is 0 Å². The van der Waals surface area contributed by atoms with Crippen LogP contribution in [0.4, 0.5) is 5.13 Å². The summed E-state index contributed by atoms with van der Waals surface area (Å²) < 4.78 is 0. The van der Waals surface area contributed by atoms with Gasteiger partial charge in [-0.2, -0.15) is 0 Å². The molecule has 88 valence electrons. The number of carbonyl (C=O) groups is 1. The number of aromatic nitrogens is 1. The van der Waals surface area contributed by atoms with Crippen LogP contribution < -0.4 is 5.32 Å². The van der Waals surface area contributed by atoms with Gasteiger partial charge >= 0.3 is 0 Å². The molecule has 0 spiro atoms. The van der Waals surface area contributed by atoms with Crippen LogP contribution >= 0.6 is 11.3 Å². The van der Waals surface area contributed by atoms with Gasteiger partial charge in [0.2, 0.25) is 5.91 Å². The van der Waals surface area contributed by atoms with Gasteiger partial charge in [-0.25, -0.2) is 4.98 Å². The molecular weight excluding hydrogens is 232 g/mol. The lowest BCUT2D eigenvalue weighted by atomic mass is 10.1. The highest BCUT2D eigenvalue weighted by Crippen LogP contribution is 2.21. The van der Waals surface area contributed by atoms with E-state index in [1.807, 2.05) is 6.20 Å². The molecule has 0 saturated heterocycles. The molecule has 1 aromatic carbocycles. The van der Waals surface area contributed by atoms with E-state index in [1.165, 1.54) is 29.4 Å². The maximum absolute atomic E-state index is 10.9. The summed E-state index contributed by atoms with van der Waals surface area (Å²) >= 11 is 1.52. The van der Waals surface area contributed by atoms with Crippen LogP contribution in [0.1, 0.15) is 22.9 Å². The van der Waals surface area contributed by atoms with Gasteiger partial charge in [0, 0.05) is 24.4 Å². The summed E-state index contributed by atoms with van der Waals surface area (Å²) in [6.45, 7) is 3.56. The first-order valence-electron chi connectivity index (χ1n) is 5.41. The third-order valence-corrected chi connectivity index (χ3v) is 3.25. The Bertz CT molecular complexity index is 516. The maximum atomic E-state index is 10.9. The number of nitrogens with zero attached hydrogens (tertiary/aromatic N) is 1. The van der Waals surface area contributed by atoms with Gasteiger partial charge in [-0.05, 0) is 12.5 Å². The summed E-state index contributed by atoms with van der Waals surface area (Å²) in [5, 5.41) is 3.35. The fourth-order valence-corrected chi connectivity index (χ4v) is 2.40. The van der Waals surface area contributed by atoms with Crippen LogP contribution in [0.15, 0.2) is 30.5 Å². The predicted octanol–water partition coefficient (Wildman–Crippen LogP) is 3.00. The van der Waals surface area contributed by atoms with Crippen molar-refractivity contribution in [1.82, 2.24) is 4.98 Å². The van der Waals surface area contributed by atoms with E-state index >= 15 is 0 Å². The summed E-state index contributed by atoms with van der Waals surface area (Å²) in [6, 6.07) is 8.44. The molecule has 3 nitrogen and oxygen atoms in total. The molecule has 0 aliphatic rings. The highest BCUT2D eigenvalue weighted by molar-refractivity contribution is 7.15. The SMILES string of the molecule is CC(=O)Nc1ncc(Cc2ccc(C)cc2)s1. The number of amides is 1. The molecule has 1 aromatic heterocycles. The van der Waals surface area contributed by atoms with Crippen molar-refractivity contribution in [2.24, 2.45) is 0 Å². The number of hydrogen-bond donors (Lipinski definition) is 1. The summed E-state index contributed by atoms with van der Waals surface area (Å²) in [4.78, 5) is 16.2. The molecule has 0 aliphatic carbocycles. The monoisotopic (exact) mass is 246 g/mol. The van der Waals surface area contributed by atoms with Gasteiger partial charge in [-0.15, -0.1) is 11.3 Å². The molecule has 0 radical (unpaired) electrons. The van der Waals surface area contributed by atoms with E-state index in [2.05, 4.69) is 41.5 Å². The zero-order chi connectivity index (χ0) is 12.3. The zero-order valence-corrected chi connectivity index (χ0v) is 10.7. The first-order valence-corrected chi connectivity index (χ1v) is 6.23. The number of hydrogen-bond acceptors (Lipinski definition) is 3. The Morgan fingerprint density at radius 3 is 2.71 bits per heavy atom. The minimum absolute atomic E-state index is 0.0822. The number of aryl methyl sites for hydroxylation is 1. The molecule has 0 bridgehead atoms. The van der Waals surface area contributed by atoms with Crippen molar-refractivity contribution in [3.05, 3.63) is 46.5 Å². The van der Waals surface area contributed by atoms with Crippen molar-refractivity contribution in [2.75, 3.05) is 5.32 Å². The van der Waals surface area contributed by atoms with Crippen LogP contribution in [-0.2, 0) is 11.2 Å². The Balaban J connectivity index is 2.06. The molecule has 0 saturated carbocycles. The van der Waals surface area contributed by atoms with Crippen LogP contribution in [0.3, 0.4) is 0 Å². The van der Waals surface area contributed by atoms with Gasteiger partial charge < -0.3 is 5.32 Å². The number of nitrogens with one attached hydrogen (secondary N) is 1. The molecular formula is C13H14N2OS. The first kappa shape index (κ1) is 11.8. The van der Waals surface area contributed by atoms with E-state index in [0.717, 1.165) is 11.3 Å².